The topological polar surface area (TPSA) is 157 Å². The normalized spacial score (nSPS) is 19.3. The van der Waals surface area contributed by atoms with Gasteiger partial charge >= 0.3 is 6.09 Å². The Morgan fingerprint density at radius 2 is 1.74 bits per heavy atom. The highest BCUT2D eigenvalue weighted by molar-refractivity contribution is 6.02. The van der Waals surface area contributed by atoms with Gasteiger partial charge < -0.3 is 34.9 Å². The lowest BCUT2D eigenvalue weighted by Gasteiger charge is -2.26. The van der Waals surface area contributed by atoms with Crippen LogP contribution in [0.3, 0.4) is 0 Å². The fraction of sp³-hybridized carbons (Fsp3) is 0.714. The molecule has 14 heteroatoms. The summed E-state index contributed by atoms with van der Waals surface area (Å²) in [6.45, 7) is 12.8. The Kier molecular flexibility index (Phi) is 13.0. The van der Waals surface area contributed by atoms with Gasteiger partial charge in [0.05, 0.1) is 46.2 Å². The first kappa shape index (κ1) is 31.9. The van der Waals surface area contributed by atoms with Gasteiger partial charge in [-0.2, -0.15) is 10.2 Å². The number of hydrogen-bond donors (Lipinski definition) is 4. The molecule has 14 nitrogen and oxygen atoms in total. The number of piperazine rings is 1. The molecular formula is C28H46N8O6. The van der Waals surface area contributed by atoms with Gasteiger partial charge in [-0.15, -0.1) is 0 Å². The third kappa shape index (κ3) is 11.0. The Morgan fingerprint density at radius 1 is 1.02 bits per heavy atom. The molecule has 2 amide bonds. The van der Waals surface area contributed by atoms with E-state index in [1.165, 1.54) is 0 Å². The molecule has 3 heterocycles. The molecular weight excluding hydrogens is 544 g/mol. The Hall–Kier alpha value is -3.04. The van der Waals surface area contributed by atoms with Crippen molar-refractivity contribution < 1.29 is 28.5 Å². The first-order valence-corrected chi connectivity index (χ1v) is 15.0. The summed E-state index contributed by atoms with van der Waals surface area (Å²) in [5.41, 5.74) is 1.20. The Balaban J connectivity index is 1.04. The summed E-state index contributed by atoms with van der Waals surface area (Å²) in [5.74, 6) is 0.277. The first-order valence-electron chi connectivity index (χ1n) is 15.0. The highest BCUT2D eigenvalue weighted by Gasteiger charge is 2.30. The second-order valence-electron chi connectivity index (χ2n) is 10.9. The highest BCUT2D eigenvalue weighted by atomic mass is 16.6. The van der Waals surface area contributed by atoms with Gasteiger partial charge in [-0.05, 0) is 39.2 Å². The third-order valence-electron chi connectivity index (χ3n) is 7.19. The molecule has 0 radical (unpaired) electrons. The molecule has 0 aromatic carbocycles. The molecule has 4 N–H and O–H groups in total. The smallest absolute Gasteiger partial charge is 0.407 e. The number of H-pyrrole nitrogens is 1. The molecule has 0 spiro atoms. The number of nitrogens with zero attached hydrogens (tertiary/aromatic N) is 4. The summed E-state index contributed by atoms with van der Waals surface area (Å²) in [6, 6.07) is 3.52. The van der Waals surface area contributed by atoms with Crippen LogP contribution in [0.2, 0.25) is 0 Å². The number of rotatable bonds is 17. The van der Waals surface area contributed by atoms with Crippen LogP contribution in [0.15, 0.2) is 18.3 Å². The fourth-order valence-corrected chi connectivity index (χ4v) is 4.98. The molecule has 4 rings (SSSR count). The summed E-state index contributed by atoms with van der Waals surface area (Å²) >= 11 is 0. The number of aromatic nitrogens is 4. The number of ether oxygens (including phenoxy) is 4. The zero-order chi connectivity index (χ0) is 29.6. The quantitative estimate of drug-likeness (QED) is 0.200. The maximum absolute atomic E-state index is 12.7. The standard InChI is InChI=1S/C28H46N8O6/c1-21(2)30-28(38)42-23-4-3-22(19-23)25-20-26(33-32-25)31-27(37)24-5-8-36(34-24)12-14-40-16-18-41-17-15-39-13-11-35-9-6-29-7-10-35/h5,8,20-23,29H,3-4,6-7,9-19H2,1-2H3,(H,30,38)(H2,31,32,33,37)/t22-,23+/m0/s1. The van der Waals surface area contributed by atoms with Crippen molar-refractivity contribution in [3.05, 3.63) is 29.7 Å². The van der Waals surface area contributed by atoms with Crippen LogP contribution < -0.4 is 16.0 Å². The molecule has 1 aliphatic heterocycles. The summed E-state index contributed by atoms with van der Waals surface area (Å²) in [6.07, 6.45) is 3.61. The number of nitrogens with one attached hydrogen (secondary N) is 4. The van der Waals surface area contributed by atoms with E-state index in [4.69, 9.17) is 18.9 Å². The van der Waals surface area contributed by atoms with Crippen LogP contribution in [0.5, 0.6) is 0 Å². The van der Waals surface area contributed by atoms with Crippen molar-refractivity contribution in [2.75, 3.05) is 77.7 Å². The van der Waals surface area contributed by atoms with E-state index in [1.54, 1.807) is 16.9 Å². The Labute approximate surface area is 247 Å². The molecule has 1 saturated heterocycles. The minimum absolute atomic E-state index is 0.0342. The molecule has 2 fully saturated rings. The van der Waals surface area contributed by atoms with Gasteiger partial charge in [-0.1, -0.05) is 0 Å². The van der Waals surface area contributed by atoms with Crippen LogP contribution in [-0.4, -0.2) is 121 Å². The molecule has 2 aromatic heterocycles. The van der Waals surface area contributed by atoms with Crippen molar-refractivity contribution in [1.29, 1.82) is 0 Å². The van der Waals surface area contributed by atoms with E-state index >= 15 is 0 Å². The van der Waals surface area contributed by atoms with E-state index in [-0.39, 0.29) is 30.1 Å². The number of amides is 2. The molecule has 0 bridgehead atoms. The van der Waals surface area contributed by atoms with Crippen molar-refractivity contribution in [3.63, 3.8) is 0 Å². The predicted octanol–water partition coefficient (Wildman–Crippen LogP) is 1.58. The Bertz CT molecular complexity index is 1090. The van der Waals surface area contributed by atoms with Gasteiger partial charge in [-0.25, -0.2) is 4.79 Å². The van der Waals surface area contributed by atoms with Crippen LogP contribution in [0.4, 0.5) is 10.6 Å². The number of alkyl carbamates (subject to hydrolysis) is 1. The summed E-state index contributed by atoms with van der Waals surface area (Å²) in [4.78, 5) is 26.9. The maximum atomic E-state index is 12.7. The summed E-state index contributed by atoms with van der Waals surface area (Å²) < 4.78 is 24.0. The monoisotopic (exact) mass is 590 g/mol. The number of aromatic amines is 1. The number of carbonyl (C=O) groups excluding carboxylic acids is 2. The molecule has 234 valence electrons. The van der Waals surface area contributed by atoms with E-state index in [0.717, 1.165) is 57.9 Å². The minimum atomic E-state index is -0.387. The summed E-state index contributed by atoms with van der Waals surface area (Å²) in [5, 5.41) is 20.5. The number of hydrogen-bond acceptors (Lipinski definition) is 10. The van der Waals surface area contributed by atoms with Gasteiger partial charge in [0, 0.05) is 62.6 Å². The minimum Gasteiger partial charge on any atom is -0.446 e. The molecule has 0 unspecified atom stereocenters. The first-order chi connectivity index (χ1) is 20.5. The molecule has 2 aromatic rings. The average molecular weight is 591 g/mol. The van der Waals surface area contributed by atoms with Crippen molar-refractivity contribution in [1.82, 2.24) is 35.5 Å². The molecule has 2 atom stereocenters. The van der Waals surface area contributed by atoms with Gasteiger partial charge in [-0.3, -0.25) is 19.5 Å². The van der Waals surface area contributed by atoms with Crippen LogP contribution in [0.1, 0.15) is 55.2 Å². The van der Waals surface area contributed by atoms with E-state index in [0.29, 0.717) is 57.5 Å². The second kappa shape index (κ2) is 17.2. The summed E-state index contributed by atoms with van der Waals surface area (Å²) in [7, 11) is 0. The van der Waals surface area contributed by atoms with E-state index in [2.05, 4.69) is 36.1 Å². The predicted molar refractivity (Wildman–Crippen MR) is 156 cm³/mol. The molecule has 2 aliphatic rings. The van der Waals surface area contributed by atoms with E-state index < -0.39 is 0 Å². The fourth-order valence-electron chi connectivity index (χ4n) is 4.98. The van der Waals surface area contributed by atoms with Gasteiger partial charge in [0.25, 0.3) is 5.91 Å². The van der Waals surface area contributed by atoms with Gasteiger partial charge in [0.15, 0.2) is 11.5 Å². The second-order valence-corrected chi connectivity index (χ2v) is 10.9. The Morgan fingerprint density at radius 3 is 2.48 bits per heavy atom. The molecule has 1 saturated carbocycles. The average Bonchev–Trinajstić information content (AvgIpc) is 3.73. The molecule has 42 heavy (non-hydrogen) atoms. The molecule has 1 aliphatic carbocycles. The number of carbonyl (C=O) groups is 2. The zero-order valence-corrected chi connectivity index (χ0v) is 24.8. The third-order valence-corrected chi connectivity index (χ3v) is 7.19. The van der Waals surface area contributed by atoms with Crippen molar-refractivity contribution in [2.24, 2.45) is 0 Å². The van der Waals surface area contributed by atoms with Crippen LogP contribution in [-0.2, 0) is 25.5 Å². The van der Waals surface area contributed by atoms with E-state index in [1.807, 2.05) is 19.9 Å². The lowest BCUT2D eigenvalue weighted by Crippen LogP contribution is -2.44. The maximum Gasteiger partial charge on any atom is 0.407 e. The zero-order valence-electron chi connectivity index (χ0n) is 24.8. The highest BCUT2D eigenvalue weighted by Crippen LogP contribution is 2.35. The van der Waals surface area contributed by atoms with Crippen LogP contribution >= 0.6 is 0 Å². The van der Waals surface area contributed by atoms with Crippen molar-refractivity contribution in [3.8, 4) is 0 Å². The van der Waals surface area contributed by atoms with E-state index in [9.17, 15) is 9.59 Å². The number of anilines is 1. The van der Waals surface area contributed by atoms with Gasteiger partial charge in [0.2, 0.25) is 0 Å². The largest absolute Gasteiger partial charge is 0.446 e. The van der Waals surface area contributed by atoms with Gasteiger partial charge in [0.1, 0.15) is 6.10 Å². The van der Waals surface area contributed by atoms with Crippen LogP contribution in [0, 0.1) is 0 Å². The lowest BCUT2D eigenvalue weighted by molar-refractivity contribution is 0.00858. The van der Waals surface area contributed by atoms with Crippen molar-refractivity contribution in [2.45, 2.75) is 57.7 Å². The van der Waals surface area contributed by atoms with Crippen LogP contribution in [0.25, 0.3) is 0 Å². The SMILES string of the molecule is CC(C)NC(=O)O[C@@H]1CC[C@H](c2cc(NC(=O)c3ccn(CCOCCOCCOCCN4CCNCC4)n3)n[nH]2)C1. The van der Waals surface area contributed by atoms with Crippen molar-refractivity contribution >= 4 is 17.8 Å². The lowest BCUT2D eigenvalue weighted by atomic mass is 10.0.